The monoisotopic (exact) mass is 331 g/mol. The van der Waals surface area contributed by atoms with Gasteiger partial charge in [-0.25, -0.2) is 4.39 Å². The van der Waals surface area contributed by atoms with Crippen molar-refractivity contribution < 1.29 is 9.13 Å². The van der Waals surface area contributed by atoms with Gasteiger partial charge in [0.15, 0.2) is 0 Å². The minimum Gasteiger partial charge on any atom is -0.382 e. The van der Waals surface area contributed by atoms with Crippen molar-refractivity contribution in [2.75, 3.05) is 13.7 Å². The van der Waals surface area contributed by atoms with Crippen LogP contribution < -0.4 is 5.32 Å². The van der Waals surface area contributed by atoms with E-state index in [1.807, 2.05) is 13.0 Å². The number of halogens is 2. The Morgan fingerprint density at radius 2 is 2.11 bits per heavy atom. The fraction of sp³-hybridized carbons (Fsp3) is 0.600. The fourth-order valence-electron chi connectivity index (χ4n) is 1.99. The van der Waals surface area contributed by atoms with E-state index in [0.717, 1.165) is 35.8 Å². The molecule has 2 nitrogen and oxygen atoms in total. The number of benzene rings is 1. The molecule has 0 fully saturated rings. The zero-order valence-corrected chi connectivity index (χ0v) is 13.5. The maximum absolute atomic E-state index is 14.0. The van der Waals surface area contributed by atoms with Gasteiger partial charge in [-0.2, -0.15) is 0 Å². The third-order valence-corrected chi connectivity index (χ3v) is 3.73. The van der Waals surface area contributed by atoms with E-state index in [-0.39, 0.29) is 18.0 Å². The molecule has 0 spiro atoms. The molecule has 0 saturated carbocycles. The van der Waals surface area contributed by atoms with E-state index in [1.165, 1.54) is 6.07 Å². The van der Waals surface area contributed by atoms with Crippen LogP contribution in [0.2, 0.25) is 0 Å². The van der Waals surface area contributed by atoms with Crippen LogP contribution >= 0.6 is 15.9 Å². The van der Waals surface area contributed by atoms with Crippen LogP contribution in [0.15, 0.2) is 22.7 Å². The van der Waals surface area contributed by atoms with Crippen molar-refractivity contribution in [3.05, 3.63) is 34.1 Å². The van der Waals surface area contributed by atoms with Crippen molar-refractivity contribution in [1.82, 2.24) is 5.32 Å². The van der Waals surface area contributed by atoms with Crippen molar-refractivity contribution in [3.63, 3.8) is 0 Å². The third kappa shape index (κ3) is 5.59. The highest BCUT2D eigenvalue weighted by molar-refractivity contribution is 9.10. The molecule has 1 rings (SSSR count). The summed E-state index contributed by atoms with van der Waals surface area (Å²) in [5.74, 6) is -0.151. The van der Waals surface area contributed by atoms with E-state index in [2.05, 4.69) is 28.2 Å². The van der Waals surface area contributed by atoms with Gasteiger partial charge < -0.3 is 10.1 Å². The van der Waals surface area contributed by atoms with E-state index in [1.54, 1.807) is 13.2 Å². The van der Waals surface area contributed by atoms with Gasteiger partial charge in [-0.3, -0.25) is 0 Å². The van der Waals surface area contributed by atoms with Crippen LogP contribution in [0.1, 0.15) is 44.7 Å². The molecule has 0 saturated heterocycles. The molecule has 0 aliphatic rings. The molecule has 19 heavy (non-hydrogen) atoms. The van der Waals surface area contributed by atoms with Gasteiger partial charge in [-0.05, 0) is 50.9 Å². The first-order valence-corrected chi connectivity index (χ1v) is 7.58. The second kappa shape index (κ2) is 8.67. The minimum atomic E-state index is -0.151. The molecule has 0 bridgehead atoms. The Morgan fingerprint density at radius 3 is 2.74 bits per heavy atom. The van der Waals surface area contributed by atoms with Gasteiger partial charge in [-0.1, -0.05) is 22.9 Å². The van der Waals surface area contributed by atoms with Crippen LogP contribution in [-0.4, -0.2) is 19.8 Å². The lowest BCUT2D eigenvalue weighted by atomic mass is 9.99. The number of nitrogens with one attached hydrogen (secondary N) is 1. The van der Waals surface area contributed by atoms with Gasteiger partial charge in [0.2, 0.25) is 0 Å². The Hall–Kier alpha value is -0.450. The lowest BCUT2D eigenvalue weighted by Gasteiger charge is -2.21. The van der Waals surface area contributed by atoms with Crippen LogP contribution in [-0.2, 0) is 4.74 Å². The molecule has 1 aromatic carbocycles. The van der Waals surface area contributed by atoms with Crippen molar-refractivity contribution in [1.29, 1.82) is 0 Å². The topological polar surface area (TPSA) is 21.3 Å². The molecule has 108 valence electrons. The van der Waals surface area contributed by atoms with E-state index in [9.17, 15) is 4.39 Å². The van der Waals surface area contributed by atoms with Crippen molar-refractivity contribution in [2.24, 2.45) is 0 Å². The summed E-state index contributed by atoms with van der Waals surface area (Å²) in [5, 5.41) is 3.42. The van der Waals surface area contributed by atoms with Crippen LogP contribution in [0.4, 0.5) is 4.39 Å². The standard InChI is InChI=1S/C15H23BrFNO/c1-4-9-18-15(8-5-11(2)19-3)13-10-12(16)6-7-14(13)17/h6-7,10-11,15,18H,4-5,8-9H2,1-3H3. The molecule has 0 aliphatic carbocycles. The van der Waals surface area contributed by atoms with Crippen molar-refractivity contribution in [2.45, 2.75) is 45.3 Å². The third-order valence-electron chi connectivity index (χ3n) is 3.24. The molecule has 1 N–H and O–H groups in total. The highest BCUT2D eigenvalue weighted by Crippen LogP contribution is 2.25. The Kier molecular flexibility index (Phi) is 7.57. The highest BCUT2D eigenvalue weighted by atomic mass is 79.9. The van der Waals surface area contributed by atoms with Crippen molar-refractivity contribution in [3.8, 4) is 0 Å². The van der Waals surface area contributed by atoms with E-state index in [0.29, 0.717) is 0 Å². The predicted octanol–water partition coefficient (Wildman–Crippen LogP) is 4.44. The number of hydrogen-bond acceptors (Lipinski definition) is 2. The van der Waals surface area contributed by atoms with Gasteiger partial charge in [0.25, 0.3) is 0 Å². The zero-order valence-electron chi connectivity index (χ0n) is 11.9. The van der Waals surface area contributed by atoms with Gasteiger partial charge >= 0.3 is 0 Å². The molecular weight excluding hydrogens is 309 g/mol. The maximum atomic E-state index is 14.0. The van der Waals surface area contributed by atoms with Gasteiger partial charge in [-0.15, -0.1) is 0 Å². The fourth-order valence-corrected chi connectivity index (χ4v) is 2.37. The minimum absolute atomic E-state index is 0.0371. The quantitative estimate of drug-likeness (QED) is 0.760. The number of rotatable bonds is 8. The molecule has 0 amide bonds. The Labute approximate surface area is 123 Å². The number of methoxy groups -OCH3 is 1. The molecule has 0 radical (unpaired) electrons. The summed E-state index contributed by atoms with van der Waals surface area (Å²) in [6, 6.07) is 5.14. The summed E-state index contributed by atoms with van der Waals surface area (Å²) < 4.78 is 20.1. The second-order valence-electron chi connectivity index (χ2n) is 4.80. The summed E-state index contributed by atoms with van der Waals surface area (Å²) in [7, 11) is 1.71. The molecular formula is C15H23BrFNO. The van der Waals surface area contributed by atoms with Gasteiger partial charge in [0.05, 0.1) is 6.10 Å². The summed E-state index contributed by atoms with van der Waals surface area (Å²) >= 11 is 3.41. The SMILES string of the molecule is CCCNC(CCC(C)OC)c1cc(Br)ccc1F. The summed E-state index contributed by atoms with van der Waals surface area (Å²) in [5.41, 5.74) is 0.728. The lowest BCUT2D eigenvalue weighted by molar-refractivity contribution is 0.106. The maximum Gasteiger partial charge on any atom is 0.128 e. The normalized spacial score (nSPS) is 14.4. The Balaban J connectivity index is 2.79. The Morgan fingerprint density at radius 1 is 1.37 bits per heavy atom. The highest BCUT2D eigenvalue weighted by Gasteiger charge is 2.16. The smallest absolute Gasteiger partial charge is 0.128 e. The molecule has 2 atom stereocenters. The number of ether oxygens (including phenoxy) is 1. The van der Waals surface area contributed by atoms with Crippen LogP contribution in [0.3, 0.4) is 0 Å². The first-order chi connectivity index (χ1) is 9.08. The first kappa shape index (κ1) is 16.6. The lowest BCUT2D eigenvalue weighted by Crippen LogP contribution is -2.24. The van der Waals surface area contributed by atoms with Crippen molar-refractivity contribution >= 4 is 15.9 Å². The van der Waals surface area contributed by atoms with Gasteiger partial charge in [0, 0.05) is 23.2 Å². The average molecular weight is 332 g/mol. The van der Waals surface area contributed by atoms with Crippen LogP contribution in [0.5, 0.6) is 0 Å². The largest absolute Gasteiger partial charge is 0.382 e. The van der Waals surface area contributed by atoms with E-state index < -0.39 is 0 Å². The Bertz CT molecular complexity index is 386. The van der Waals surface area contributed by atoms with Crippen LogP contribution in [0, 0.1) is 5.82 Å². The second-order valence-corrected chi connectivity index (χ2v) is 5.71. The van der Waals surface area contributed by atoms with E-state index >= 15 is 0 Å². The molecule has 2 unspecified atom stereocenters. The number of hydrogen-bond donors (Lipinski definition) is 1. The molecule has 4 heteroatoms. The predicted molar refractivity (Wildman–Crippen MR) is 80.8 cm³/mol. The van der Waals surface area contributed by atoms with Gasteiger partial charge in [0.1, 0.15) is 5.82 Å². The molecule has 1 aromatic rings. The molecule has 0 aliphatic heterocycles. The van der Waals surface area contributed by atoms with Crippen LogP contribution in [0.25, 0.3) is 0 Å². The molecule has 0 heterocycles. The average Bonchev–Trinajstić information content (AvgIpc) is 2.41. The molecule has 0 aromatic heterocycles. The first-order valence-electron chi connectivity index (χ1n) is 6.79. The zero-order chi connectivity index (χ0) is 14.3. The summed E-state index contributed by atoms with van der Waals surface area (Å²) in [4.78, 5) is 0. The summed E-state index contributed by atoms with van der Waals surface area (Å²) in [6.07, 6.45) is 3.00. The summed E-state index contributed by atoms with van der Waals surface area (Å²) in [6.45, 7) is 5.03. The van der Waals surface area contributed by atoms with E-state index in [4.69, 9.17) is 4.74 Å².